The minimum absolute atomic E-state index is 0.620. The Morgan fingerprint density at radius 2 is 2.29 bits per heavy atom. The number of fused-ring (bicyclic) bond motifs is 1. The lowest BCUT2D eigenvalue weighted by atomic mass is 10.3. The molecule has 0 aliphatic heterocycles. The van der Waals surface area contributed by atoms with Gasteiger partial charge in [-0.15, -0.1) is 0 Å². The van der Waals surface area contributed by atoms with Crippen LogP contribution in [0, 0.1) is 0 Å². The van der Waals surface area contributed by atoms with Gasteiger partial charge in [-0.3, -0.25) is 4.79 Å². The SMILES string of the molecule is O=Cc1cccc2cc(C3CC3)nn12. The zero-order valence-corrected chi connectivity index (χ0v) is 7.68. The average molecular weight is 186 g/mol. The van der Waals surface area contributed by atoms with Gasteiger partial charge in [-0.2, -0.15) is 5.10 Å². The fraction of sp³-hybridized carbons (Fsp3) is 0.273. The molecule has 1 fully saturated rings. The smallest absolute Gasteiger partial charge is 0.168 e. The predicted molar refractivity (Wildman–Crippen MR) is 52.6 cm³/mol. The van der Waals surface area contributed by atoms with Crippen LogP contribution in [0.3, 0.4) is 0 Å². The van der Waals surface area contributed by atoms with E-state index in [-0.39, 0.29) is 0 Å². The molecule has 3 nitrogen and oxygen atoms in total. The second kappa shape index (κ2) is 2.67. The van der Waals surface area contributed by atoms with E-state index in [4.69, 9.17) is 0 Å². The molecule has 2 heterocycles. The number of carbonyl (C=O) groups is 1. The molecule has 0 radical (unpaired) electrons. The Hall–Kier alpha value is -1.64. The molecule has 2 aromatic rings. The standard InChI is InChI=1S/C11H10N2O/c14-7-10-3-1-2-9-6-11(8-4-5-8)12-13(9)10/h1-3,6-8H,4-5H2. The third kappa shape index (κ3) is 1.05. The van der Waals surface area contributed by atoms with E-state index in [2.05, 4.69) is 11.2 Å². The van der Waals surface area contributed by atoms with E-state index in [1.165, 1.54) is 12.8 Å². The van der Waals surface area contributed by atoms with Crippen molar-refractivity contribution in [3.63, 3.8) is 0 Å². The van der Waals surface area contributed by atoms with Gasteiger partial charge in [0.15, 0.2) is 6.29 Å². The Morgan fingerprint density at radius 3 is 3.00 bits per heavy atom. The molecule has 70 valence electrons. The second-order valence-electron chi connectivity index (χ2n) is 3.75. The highest BCUT2D eigenvalue weighted by Gasteiger charge is 2.26. The molecule has 1 aliphatic rings. The fourth-order valence-electron chi connectivity index (χ4n) is 1.72. The number of carbonyl (C=O) groups excluding carboxylic acids is 1. The predicted octanol–water partition coefficient (Wildman–Crippen LogP) is 2.02. The van der Waals surface area contributed by atoms with Crippen molar-refractivity contribution in [2.75, 3.05) is 0 Å². The third-order valence-electron chi connectivity index (χ3n) is 2.65. The molecule has 0 aromatic carbocycles. The average Bonchev–Trinajstić information content (AvgIpc) is 2.97. The van der Waals surface area contributed by atoms with Crippen LogP contribution in [0.4, 0.5) is 0 Å². The molecule has 3 rings (SSSR count). The molecule has 0 saturated heterocycles. The summed E-state index contributed by atoms with van der Waals surface area (Å²) in [5.74, 6) is 0.634. The van der Waals surface area contributed by atoms with Crippen LogP contribution in [0.2, 0.25) is 0 Å². The topological polar surface area (TPSA) is 34.4 Å². The van der Waals surface area contributed by atoms with Crippen LogP contribution in [-0.2, 0) is 0 Å². The molecule has 0 amide bonds. The molecule has 0 N–H and O–H groups in total. The summed E-state index contributed by atoms with van der Waals surface area (Å²) in [6, 6.07) is 7.72. The number of aromatic nitrogens is 2. The lowest BCUT2D eigenvalue weighted by Gasteiger charge is -1.94. The first-order valence-electron chi connectivity index (χ1n) is 4.82. The minimum atomic E-state index is 0.620. The number of nitrogens with zero attached hydrogens (tertiary/aromatic N) is 2. The molecule has 0 atom stereocenters. The van der Waals surface area contributed by atoms with E-state index in [1.807, 2.05) is 12.1 Å². The first-order chi connectivity index (χ1) is 6.88. The highest BCUT2D eigenvalue weighted by Crippen LogP contribution is 2.39. The van der Waals surface area contributed by atoms with Gasteiger partial charge in [-0.25, -0.2) is 4.52 Å². The van der Waals surface area contributed by atoms with Crippen molar-refractivity contribution in [2.24, 2.45) is 0 Å². The molecule has 1 saturated carbocycles. The van der Waals surface area contributed by atoms with Crippen LogP contribution in [0.1, 0.15) is 34.9 Å². The Bertz CT molecular complexity index is 497. The zero-order chi connectivity index (χ0) is 9.54. The number of pyridine rings is 1. The van der Waals surface area contributed by atoms with Gasteiger partial charge in [0.2, 0.25) is 0 Å². The van der Waals surface area contributed by atoms with Gasteiger partial charge in [-0.1, -0.05) is 6.07 Å². The van der Waals surface area contributed by atoms with Gasteiger partial charge in [0.05, 0.1) is 11.2 Å². The van der Waals surface area contributed by atoms with E-state index in [9.17, 15) is 4.79 Å². The highest BCUT2D eigenvalue weighted by atomic mass is 16.1. The van der Waals surface area contributed by atoms with Crippen LogP contribution in [-0.4, -0.2) is 15.9 Å². The summed E-state index contributed by atoms with van der Waals surface area (Å²) in [7, 11) is 0. The third-order valence-corrected chi connectivity index (χ3v) is 2.65. The van der Waals surface area contributed by atoms with Crippen molar-refractivity contribution in [3.8, 4) is 0 Å². The largest absolute Gasteiger partial charge is 0.296 e. The molecule has 0 spiro atoms. The number of aldehydes is 1. The zero-order valence-electron chi connectivity index (χ0n) is 7.68. The van der Waals surface area contributed by atoms with E-state index in [0.29, 0.717) is 11.6 Å². The summed E-state index contributed by atoms with van der Waals surface area (Å²) < 4.78 is 1.72. The molecule has 0 unspecified atom stereocenters. The lowest BCUT2D eigenvalue weighted by molar-refractivity contribution is 0.111. The van der Waals surface area contributed by atoms with Crippen molar-refractivity contribution in [2.45, 2.75) is 18.8 Å². The van der Waals surface area contributed by atoms with Crippen LogP contribution in [0.25, 0.3) is 5.52 Å². The maximum absolute atomic E-state index is 10.8. The monoisotopic (exact) mass is 186 g/mol. The Labute approximate surface area is 81.4 Å². The van der Waals surface area contributed by atoms with Gasteiger partial charge < -0.3 is 0 Å². The first-order valence-corrected chi connectivity index (χ1v) is 4.82. The van der Waals surface area contributed by atoms with Gasteiger partial charge in [-0.05, 0) is 31.0 Å². The van der Waals surface area contributed by atoms with E-state index < -0.39 is 0 Å². The van der Waals surface area contributed by atoms with Crippen molar-refractivity contribution >= 4 is 11.8 Å². The maximum atomic E-state index is 10.8. The minimum Gasteiger partial charge on any atom is -0.296 e. The molecular weight excluding hydrogens is 176 g/mol. The van der Waals surface area contributed by atoms with E-state index in [1.54, 1.807) is 10.6 Å². The fourth-order valence-corrected chi connectivity index (χ4v) is 1.72. The van der Waals surface area contributed by atoms with E-state index in [0.717, 1.165) is 17.5 Å². The quantitative estimate of drug-likeness (QED) is 0.672. The normalized spacial score (nSPS) is 16.0. The molecule has 1 aliphatic carbocycles. The molecule has 3 heteroatoms. The summed E-state index contributed by atoms with van der Waals surface area (Å²) in [6.45, 7) is 0. The van der Waals surface area contributed by atoms with Crippen molar-refractivity contribution in [1.29, 1.82) is 0 Å². The second-order valence-corrected chi connectivity index (χ2v) is 3.75. The van der Waals surface area contributed by atoms with Crippen LogP contribution < -0.4 is 0 Å². The van der Waals surface area contributed by atoms with Crippen LogP contribution in [0.5, 0.6) is 0 Å². The van der Waals surface area contributed by atoms with E-state index >= 15 is 0 Å². The Balaban J connectivity index is 2.25. The molecule has 2 aromatic heterocycles. The van der Waals surface area contributed by atoms with Gasteiger partial charge in [0.1, 0.15) is 5.69 Å². The molecule has 0 bridgehead atoms. The number of hydrogen-bond donors (Lipinski definition) is 0. The summed E-state index contributed by atoms with van der Waals surface area (Å²) in [6.07, 6.45) is 3.32. The van der Waals surface area contributed by atoms with Gasteiger partial charge in [0.25, 0.3) is 0 Å². The van der Waals surface area contributed by atoms with Gasteiger partial charge >= 0.3 is 0 Å². The van der Waals surface area contributed by atoms with Crippen molar-refractivity contribution < 1.29 is 4.79 Å². The van der Waals surface area contributed by atoms with Crippen LogP contribution in [0.15, 0.2) is 24.3 Å². The highest BCUT2D eigenvalue weighted by molar-refractivity contribution is 5.74. The summed E-state index contributed by atoms with van der Waals surface area (Å²) in [5, 5.41) is 4.43. The Kier molecular flexibility index (Phi) is 1.48. The molecular formula is C11H10N2O. The summed E-state index contributed by atoms with van der Waals surface area (Å²) >= 11 is 0. The summed E-state index contributed by atoms with van der Waals surface area (Å²) in [5.41, 5.74) is 2.75. The Morgan fingerprint density at radius 1 is 1.43 bits per heavy atom. The number of hydrogen-bond acceptors (Lipinski definition) is 2. The maximum Gasteiger partial charge on any atom is 0.168 e. The van der Waals surface area contributed by atoms with Crippen LogP contribution >= 0.6 is 0 Å². The summed E-state index contributed by atoms with van der Waals surface area (Å²) in [4.78, 5) is 10.8. The lowest BCUT2D eigenvalue weighted by Crippen LogP contribution is -1.96. The van der Waals surface area contributed by atoms with Crippen molar-refractivity contribution in [1.82, 2.24) is 9.61 Å². The number of rotatable bonds is 2. The van der Waals surface area contributed by atoms with Gasteiger partial charge in [0, 0.05) is 5.92 Å². The first kappa shape index (κ1) is 7.74. The molecule has 14 heavy (non-hydrogen) atoms. The van der Waals surface area contributed by atoms with Crippen molar-refractivity contribution in [3.05, 3.63) is 35.7 Å².